The van der Waals surface area contributed by atoms with Gasteiger partial charge in [-0.15, -0.1) is 0 Å². The van der Waals surface area contributed by atoms with E-state index in [-0.39, 0.29) is 0 Å². The summed E-state index contributed by atoms with van der Waals surface area (Å²) in [6.07, 6.45) is 3.53. The van der Waals surface area contributed by atoms with Crippen molar-refractivity contribution in [3.63, 3.8) is 0 Å². The van der Waals surface area contributed by atoms with Crippen molar-refractivity contribution in [2.45, 2.75) is 0 Å². The molecule has 1 aromatic carbocycles. The molecule has 6 nitrogen and oxygen atoms in total. The van der Waals surface area contributed by atoms with Crippen LogP contribution in [0.4, 0.5) is 17.5 Å². The SMILES string of the molecule is CN(C)CCNc1nc(Nc2ccc(Cl)cc2)cc(-c2cccnc2)n1. The van der Waals surface area contributed by atoms with Gasteiger partial charge in [0.1, 0.15) is 5.82 Å². The monoisotopic (exact) mass is 368 g/mol. The zero-order valence-corrected chi connectivity index (χ0v) is 15.5. The molecule has 0 unspecified atom stereocenters. The number of benzene rings is 1. The fourth-order valence-electron chi connectivity index (χ4n) is 2.32. The molecule has 134 valence electrons. The summed E-state index contributed by atoms with van der Waals surface area (Å²) in [6.45, 7) is 1.64. The minimum atomic E-state index is 0.574. The van der Waals surface area contributed by atoms with Gasteiger partial charge in [0.05, 0.1) is 5.69 Å². The summed E-state index contributed by atoms with van der Waals surface area (Å²) < 4.78 is 0. The van der Waals surface area contributed by atoms with Crippen LogP contribution in [0.15, 0.2) is 54.9 Å². The van der Waals surface area contributed by atoms with E-state index in [1.165, 1.54) is 0 Å². The molecule has 0 radical (unpaired) electrons. The number of rotatable bonds is 7. The summed E-state index contributed by atoms with van der Waals surface area (Å²) in [6, 6.07) is 13.3. The molecular weight excluding hydrogens is 348 g/mol. The van der Waals surface area contributed by atoms with Crippen LogP contribution in [0.5, 0.6) is 0 Å². The van der Waals surface area contributed by atoms with Gasteiger partial charge in [-0.3, -0.25) is 4.98 Å². The summed E-state index contributed by atoms with van der Waals surface area (Å²) in [5.41, 5.74) is 2.64. The zero-order valence-electron chi connectivity index (χ0n) is 14.8. The molecule has 0 aliphatic heterocycles. The van der Waals surface area contributed by atoms with Gasteiger partial charge < -0.3 is 15.5 Å². The van der Waals surface area contributed by atoms with Crippen LogP contribution in [-0.2, 0) is 0 Å². The van der Waals surface area contributed by atoms with E-state index in [0.717, 1.165) is 30.0 Å². The molecule has 0 atom stereocenters. The molecule has 2 N–H and O–H groups in total. The lowest BCUT2D eigenvalue weighted by Gasteiger charge is -2.13. The van der Waals surface area contributed by atoms with Crippen molar-refractivity contribution in [3.8, 4) is 11.3 Å². The van der Waals surface area contributed by atoms with Crippen LogP contribution in [0.3, 0.4) is 0 Å². The number of nitrogens with one attached hydrogen (secondary N) is 2. The summed E-state index contributed by atoms with van der Waals surface area (Å²) in [5, 5.41) is 7.27. The number of halogens is 1. The van der Waals surface area contributed by atoms with Gasteiger partial charge in [0.15, 0.2) is 0 Å². The number of hydrogen-bond acceptors (Lipinski definition) is 6. The first-order chi connectivity index (χ1) is 12.6. The standard InChI is InChI=1S/C19H21ClN6/c1-26(2)11-10-22-19-24-17(14-4-3-9-21-13-14)12-18(25-19)23-16-7-5-15(20)6-8-16/h3-9,12-13H,10-11H2,1-2H3,(H2,22,23,24,25). The Bertz CT molecular complexity index is 836. The van der Waals surface area contributed by atoms with Gasteiger partial charge in [0.2, 0.25) is 5.95 Å². The van der Waals surface area contributed by atoms with Crippen molar-refractivity contribution in [1.29, 1.82) is 0 Å². The van der Waals surface area contributed by atoms with Crippen LogP contribution >= 0.6 is 11.6 Å². The molecule has 0 fully saturated rings. The van der Waals surface area contributed by atoms with E-state index in [1.807, 2.05) is 56.6 Å². The first-order valence-electron chi connectivity index (χ1n) is 8.31. The van der Waals surface area contributed by atoms with E-state index >= 15 is 0 Å². The Labute approximate surface area is 158 Å². The summed E-state index contributed by atoms with van der Waals surface area (Å²) in [5.74, 6) is 1.28. The molecular formula is C19H21ClN6. The average Bonchev–Trinajstić information content (AvgIpc) is 2.64. The molecule has 0 aliphatic carbocycles. The Balaban J connectivity index is 1.87. The Hall–Kier alpha value is -2.70. The largest absolute Gasteiger partial charge is 0.353 e. The lowest BCUT2D eigenvalue weighted by Crippen LogP contribution is -2.21. The zero-order chi connectivity index (χ0) is 18.4. The van der Waals surface area contributed by atoms with E-state index < -0.39 is 0 Å². The van der Waals surface area contributed by atoms with Crippen LogP contribution in [0.2, 0.25) is 5.02 Å². The third-order valence-electron chi connectivity index (χ3n) is 3.64. The second-order valence-electron chi connectivity index (χ2n) is 6.07. The van der Waals surface area contributed by atoms with Gasteiger partial charge >= 0.3 is 0 Å². The van der Waals surface area contributed by atoms with Crippen molar-refractivity contribution in [2.24, 2.45) is 0 Å². The van der Waals surface area contributed by atoms with Gasteiger partial charge in [0, 0.05) is 47.8 Å². The molecule has 3 rings (SSSR count). The van der Waals surface area contributed by atoms with Crippen LogP contribution in [-0.4, -0.2) is 47.0 Å². The number of nitrogens with zero attached hydrogens (tertiary/aromatic N) is 4. The maximum Gasteiger partial charge on any atom is 0.225 e. The quantitative estimate of drug-likeness (QED) is 0.659. The molecule has 3 aromatic rings. The van der Waals surface area contributed by atoms with Crippen molar-refractivity contribution < 1.29 is 0 Å². The van der Waals surface area contributed by atoms with Gasteiger partial charge in [-0.05, 0) is 50.5 Å². The Morgan fingerprint density at radius 2 is 1.88 bits per heavy atom. The molecule has 26 heavy (non-hydrogen) atoms. The predicted molar refractivity (Wildman–Crippen MR) is 107 cm³/mol. The lowest BCUT2D eigenvalue weighted by atomic mass is 10.2. The first-order valence-corrected chi connectivity index (χ1v) is 8.68. The minimum absolute atomic E-state index is 0.574. The van der Waals surface area contributed by atoms with E-state index in [2.05, 4.69) is 30.5 Å². The molecule has 0 saturated carbocycles. The topological polar surface area (TPSA) is 66.0 Å². The average molecular weight is 369 g/mol. The second kappa shape index (κ2) is 8.60. The molecule has 0 aliphatic rings. The Morgan fingerprint density at radius 1 is 1.08 bits per heavy atom. The highest BCUT2D eigenvalue weighted by Crippen LogP contribution is 2.23. The predicted octanol–water partition coefficient (Wildman–Crippen LogP) is 3.91. The van der Waals surface area contributed by atoms with E-state index in [0.29, 0.717) is 16.8 Å². The molecule has 2 heterocycles. The van der Waals surface area contributed by atoms with Gasteiger partial charge in [-0.2, -0.15) is 4.98 Å². The van der Waals surface area contributed by atoms with Crippen LogP contribution in [0.1, 0.15) is 0 Å². The van der Waals surface area contributed by atoms with Gasteiger partial charge in [0.25, 0.3) is 0 Å². The summed E-state index contributed by atoms with van der Waals surface area (Å²) in [4.78, 5) is 15.5. The van der Waals surface area contributed by atoms with Crippen molar-refractivity contribution in [3.05, 3.63) is 59.9 Å². The smallest absolute Gasteiger partial charge is 0.225 e. The Morgan fingerprint density at radius 3 is 2.58 bits per heavy atom. The normalized spacial score (nSPS) is 10.8. The summed E-state index contributed by atoms with van der Waals surface area (Å²) >= 11 is 5.95. The molecule has 2 aromatic heterocycles. The molecule has 0 spiro atoms. The maximum atomic E-state index is 5.95. The fraction of sp³-hybridized carbons (Fsp3) is 0.211. The fourth-order valence-corrected chi connectivity index (χ4v) is 2.45. The van der Waals surface area contributed by atoms with E-state index in [1.54, 1.807) is 12.4 Å². The van der Waals surface area contributed by atoms with Crippen LogP contribution in [0.25, 0.3) is 11.3 Å². The van der Waals surface area contributed by atoms with E-state index in [9.17, 15) is 0 Å². The minimum Gasteiger partial charge on any atom is -0.353 e. The van der Waals surface area contributed by atoms with Crippen molar-refractivity contribution in [2.75, 3.05) is 37.8 Å². The highest BCUT2D eigenvalue weighted by atomic mass is 35.5. The Kier molecular flexibility index (Phi) is 5.99. The maximum absolute atomic E-state index is 5.95. The number of aromatic nitrogens is 3. The molecule has 0 saturated heterocycles. The van der Waals surface area contributed by atoms with Crippen LogP contribution < -0.4 is 10.6 Å². The van der Waals surface area contributed by atoms with Crippen molar-refractivity contribution >= 4 is 29.1 Å². The van der Waals surface area contributed by atoms with E-state index in [4.69, 9.17) is 11.6 Å². The lowest BCUT2D eigenvalue weighted by molar-refractivity contribution is 0.425. The second-order valence-corrected chi connectivity index (χ2v) is 6.50. The first kappa shape index (κ1) is 18.1. The van der Waals surface area contributed by atoms with Gasteiger partial charge in [-0.1, -0.05) is 11.6 Å². The molecule has 0 bridgehead atoms. The van der Waals surface area contributed by atoms with Crippen molar-refractivity contribution in [1.82, 2.24) is 19.9 Å². The highest BCUT2D eigenvalue weighted by molar-refractivity contribution is 6.30. The third-order valence-corrected chi connectivity index (χ3v) is 3.89. The summed E-state index contributed by atoms with van der Waals surface area (Å²) in [7, 11) is 4.06. The molecule has 0 amide bonds. The number of hydrogen-bond donors (Lipinski definition) is 2. The highest BCUT2D eigenvalue weighted by Gasteiger charge is 2.08. The van der Waals surface area contributed by atoms with Crippen LogP contribution in [0, 0.1) is 0 Å². The number of anilines is 3. The number of pyridine rings is 1. The third kappa shape index (κ3) is 5.15. The number of likely N-dealkylation sites (N-methyl/N-ethyl adjacent to an activating group) is 1. The van der Waals surface area contributed by atoms with Gasteiger partial charge in [-0.25, -0.2) is 4.98 Å². The molecule has 7 heteroatoms.